The molecule has 1 N–H and O–H groups in total. The smallest absolute Gasteiger partial charge is 0.242 e. The van der Waals surface area contributed by atoms with E-state index in [1.165, 1.54) is 36.0 Å². The number of amides is 1. The monoisotopic (exact) mass is 426 g/mol. The Hall–Kier alpha value is -2.91. The van der Waals surface area contributed by atoms with Gasteiger partial charge < -0.3 is 5.32 Å². The maximum atomic E-state index is 13.8. The second kappa shape index (κ2) is 11.1. The number of nitrogens with zero attached hydrogens (tertiary/aromatic N) is 1. The Morgan fingerprint density at radius 3 is 1.88 bits per heavy atom. The molecule has 3 heteroatoms. The molecule has 1 saturated carbocycles. The van der Waals surface area contributed by atoms with Crippen LogP contribution in [0.5, 0.6) is 0 Å². The normalized spacial score (nSPS) is 15.4. The lowest BCUT2D eigenvalue weighted by Crippen LogP contribution is -2.44. The molecule has 0 saturated heterocycles. The lowest BCUT2D eigenvalue weighted by Gasteiger charge is -2.33. The minimum atomic E-state index is -0.335. The number of carbonyl (C=O) groups is 1. The third-order valence-corrected chi connectivity index (χ3v) is 6.42. The molecule has 1 aliphatic rings. The molecule has 3 nitrogen and oxygen atoms in total. The van der Waals surface area contributed by atoms with Crippen molar-refractivity contribution in [3.63, 3.8) is 0 Å². The van der Waals surface area contributed by atoms with Gasteiger partial charge in [0.2, 0.25) is 5.91 Å². The Balaban J connectivity index is 1.66. The molecule has 4 rings (SSSR count). The highest BCUT2D eigenvalue weighted by Crippen LogP contribution is 2.27. The van der Waals surface area contributed by atoms with Crippen LogP contribution in [0.3, 0.4) is 0 Å². The third-order valence-electron chi connectivity index (χ3n) is 6.42. The van der Waals surface area contributed by atoms with Crippen molar-refractivity contribution in [2.24, 2.45) is 0 Å². The fourth-order valence-electron chi connectivity index (χ4n) is 4.68. The highest BCUT2D eigenvalue weighted by Gasteiger charge is 2.30. The summed E-state index contributed by atoms with van der Waals surface area (Å²) in [5, 5.41) is 3.40. The van der Waals surface area contributed by atoms with E-state index in [9.17, 15) is 4.79 Å². The number of carbonyl (C=O) groups excluding carboxylic acids is 1. The SMILES string of the molecule is Cc1ccc([C@@H](C(=O)NC2CCCCC2)N(Cc2ccccc2)Cc2ccccc2)cc1. The fourth-order valence-corrected chi connectivity index (χ4v) is 4.68. The van der Waals surface area contributed by atoms with Crippen molar-refractivity contribution in [1.82, 2.24) is 10.2 Å². The largest absolute Gasteiger partial charge is 0.352 e. The molecule has 0 aliphatic heterocycles. The predicted octanol–water partition coefficient (Wildman–Crippen LogP) is 6.19. The Kier molecular flexibility index (Phi) is 7.73. The van der Waals surface area contributed by atoms with Gasteiger partial charge >= 0.3 is 0 Å². The molecule has 0 spiro atoms. The summed E-state index contributed by atoms with van der Waals surface area (Å²) in [5.41, 5.74) is 4.69. The number of hydrogen-bond donors (Lipinski definition) is 1. The maximum Gasteiger partial charge on any atom is 0.242 e. The molecule has 3 aromatic carbocycles. The lowest BCUT2D eigenvalue weighted by atomic mass is 9.94. The molecule has 32 heavy (non-hydrogen) atoms. The van der Waals surface area contributed by atoms with Gasteiger partial charge in [-0.3, -0.25) is 9.69 Å². The average molecular weight is 427 g/mol. The summed E-state index contributed by atoms with van der Waals surface area (Å²) in [6.07, 6.45) is 5.87. The molecule has 1 atom stereocenters. The van der Waals surface area contributed by atoms with Crippen LogP contribution < -0.4 is 5.32 Å². The standard InChI is InChI=1S/C29H34N2O/c1-23-17-19-26(20-18-23)28(29(32)30-27-15-9-4-10-16-27)31(21-24-11-5-2-6-12-24)22-25-13-7-3-8-14-25/h2-3,5-8,11-14,17-20,27-28H,4,9-10,15-16,21-22H2,1H3,(H,30,32)/t28-/m0/s1. The number of nitrogens with one attached hydrogen (secondary N) is 1. The Morgan fingerprint density at radius 2 is 1.34 bits per heavy atom. The van der Waals surface area contributed by atoms with Crippen molar-refractivity contribution in [3.8, 4) is 0 Å². The topological polar surface area (TPSA) is 32.3 Å². The van der Waals surface area contributed by atoms with E-state index in [0.29, 0.717) is 19.1 Å². The Labute approximate surface area is 192 Å². The van der Waals surface area contributed by atoms with E-state index in [1.54, 1.807) is 0 Å². The minimum absolute atomic E-state index is 0.118. The number of hydrogen-bond acceptors (Lipinski definition) is 2. The second-order valence-electron chi connectivity index (χ2n) is 9.03. The first-order valence-corrected chi connectivity index (χ1v) is 11.9. The zero-order valence-corrected chi connectivity index (χ0v) is 19.0. The summed E-state index contributed by atoms with van der Waals surface area (Å²) in [6.45, 7) is 3.52. The van der Waals surface area contributed by atoms with E-state index >= 15 is 0 Å². The first-order valence-electron chi connectivity index (χ1n) is 11.9. The highest BCUT2D eigenvalue weighted by molar-refractivity contribution is 5.83. The van der Waals surface area contributed by atoms with Crippen molar-refractivity contribution in [2.45, 2.75) is 64.2 Å². The number of benzene rings is 3. The van der Waals surface area contributed by atoms with Crippen molar-refractivity contribution in [3.05, 3.63) is 107 Å². The van der Waals surface area contributed by atoms with Gasteiger partial charge in [0.15, 0.2) is 0 Å². The lowest BCUT2D eigenvalue weighted by molar-refractivity contribution is -0.128. The first-order chi connectivity index (χ1) is 15.7. The molecular weight excluding hydrogens is 392 g/mol. The van der Waals surface area contributed by atoms with Crippen LogP contribution in [0.4, 0.5) is 0 Å². The summed E-state index contributed by atoms with van der Waals surface area (Å²) in [6, 6.07) is 29.3. The van der Waals surface area contributed by atoms with E-state index in [-0.39, 0.29) is 11.9 Å². The summed E-state index contributed by atoms with van der Waals surface area (Å²) >= 11 is 0. The molecule has 0 unspecified atom stereocenters. The van der Waals surface area contributed by atoms with Crippen LogP contribution in [-0.2, 0) is 17.9 Å². The fraction of sp³-hybridized carbons (Fsp3) is 0.345. The quantitative estimate of drug-likeness (QED) is 0.466. The van der Waals surface area contributed by atoms with E-state index in [2.05, 4.69) is 89.9 Å². The average Bonchev–Trinajstić information content (AvgIpc) is 2.82. The van der Waals surface area contributed by atoms with Gasteiger partial charge in [-0.15, -0.1) is 0 Å². The maximum absolute atomic E-state index is 13.8. The van der Waals surface area contributed by atoms with Crippen molar-refractivity contribution < 1.29 is 4.79 Å². The molecular formula is C29H34N2O. The van der Waals surface area contributed by atoms with E-state index < -0.39 is 0 Å². The minimum Gasteiger partial charge on any atom is -0.352 e. The molecule has 0 radical (unpaired) electrons. The summed E-state index contributed by atoms with van der Waals surface area (Å²) < 4.78 is 0. The molecule has 1 aliphatic carbocycles. The molecule has 0 bridgehead atoms. The summed E-state index contributed by atoms with van der Waals surface area (Å²) in [5.74, 6) is 0.118. The van der Waals surface area contributed by atoms with Crippen LogP contribution in [0.15, 0.2) is 84.9 Å². The van der Waals surface area contributed by atoms with E-state index in [4.69, 9.17) is 0 Å². The van der Waals surface area contributed by atoms with Gasteiger partial charge in [-0.05, 0) is 36.5 Å². The van der Waals surface area contributed by atoms with Crippen LogP contribution >= 0.6 is 0 Å². The zero-order chi connectivity index (χ0) is 22.2. The van der Waals surface area contributed by atoms with Gasteiger partial charge in [-0.1, -0.05) is 110 Å². The molecule has 1 amide bonds. The van der Waals surface area contributed by atoms with Gasteiger partial charge in [0.05, 0.1) is 0 Å². The van der Waals surface area contributed by atoms with Crippen molar-refractivity contribution in [1.29, 1.82) is 0 Å². The number of aryl methyl sites for hydroxylation is 1. The van der Waals surface area contributed by atoms with Crippen molar-refractivity contribution >= 4 is 5.91 Å². The van der Waals surface area contributed by atoms with Gasteiger partial charge in [-0.2, -0.15) is 0 Å². The predicted molar refractivity (Wildman–Crippen MR) is 131 cm³/mol. The van der Waals surface area contributed by atoms with E-state index in [1.807, 2.05) is 12.1 Å². The molecule has 3 aromatic rings. The van der Waals surface area contributed by atoms with Crippen LogP contribution in [0, 0.1) is 6.92 Å². The van der Waals surface area contributed by atoms with E-state index in [0.717, 1.165) is 18.4 Å². The Morgan fingerprint density at radius 1 is 0.812 bits per heavy atom. The molecule has 1 fully saturated rings. The van der Waals surface area contributed by atoms with Crippen LogP contribution in [0.25, 0.3) is 0 Å². The van der Waals surface area contributed by atoms with Gasteiger partial charge in [-0.25, -0.2) is 0 Å². The summed E-state index contributed by atoms with van der Waals surface area (Å²) in [7, 11) is 0. The zero-order valence-electron chi connectivity index (χ0n) is 19.0. The number of rotatable bonds is 8. The second-order valence-corrected chi connectivity index (χ2v) is 9.03. The Bertz CT molecular complexity index is 922. The van der Waals surface area contributed by atoms with Gasteiger partial charge in [0.1, 0.15) is 6.04 Å². The molecule has 166 valence electrons. The molecule has 0 heterocycles. The van der Waals surface area contributed by atoms with Crippen molar-refractivity contribution in [2.75, 3.05) is 0 Å². The highest BCUT2D eigenvalue weighted by atomic mass is 16.2. The third kappa shape index (κ3) is 6.08. The molecule has 0 aromatic heterocycles. The van der Waals surface area contributed by atoms with Gasteiger partial charge in [0, 0.05) is 19.1 Å². The van der Waals surface area contributed by atoms with Gasteiger partial charge in [0.25, 0.3) is 0 Å². The van der Waals surface area contributed by atoms with Crippen LogP contribution in [-0.4, -0.2) is 16.8 Å². The summed E-state index contributed by atoms with van der Waals surface area (Å²) in [4.78, 5) is 16.1. The first kappa shape index (κ1) is 22.3. The van der Waals surface area contributed by atoms with Crippen LogP contribution in [0.1, 0.15) is 60.4 Å². The van der Waals surface area contributed by atoms with Crippen LogP contribution in [0.2, 0.25) is 0 Å².